The molecule has 3 rings (SSSR count). The van der Waals surface area contributed by atoms with Crippen LogP contribution < -0.4 is 9.47 Å². The number of rotatable bonds is 7. The minimum Gasteiger partial charge on any atom is -0.497 e. The number of benzene rings is 1. The number of halogens is 3. The van der Waals surface area contributed by atoms with Gasteiger partial charge in [-0.05, 0) is 30.3 Å². The van der Waals surface area contributed by atoms with Gasteiger partial charge in [-0.3, -0.25) is 4.98 Å². The van der Waals surface area contributed by atoms with E-state index in [2.05, 4.69) is 14.9 Å². The molecule has 0 N–H and O–H groups in total. The molecule has 1 aromatic carbocycles. The molecule has 1 aliphatic heterocycles. The Bertz CT molecular complexity index is 1020. The van der Waals surface area contributed by atoms with Gasteiger partial charge in [0.25, 0.3) is 0 Å². The minimum atomic E-state index is -4.84. The molecule has 2 aromatic rings. The summed E-state index contributed by atoms with van der Waals surface area (Å²) in [4.78, 5) is 9.35. The quantitative estimate of drug-likeness (QED) is 0.590. The van der Waals surface area contributed by atoms with Crippen LogP contribution in [0.15, 0.2) is 52.6 Å². The Hall–Kier alpha value is -2.86. The zero-order valence-corrected chi connectivity index (χ0v) is 17.3. The van der Waals surface area contributed by atoms with Crippen LogP contribution in [0.4, 0.5) is 13.2 Å². The van der Waals surface area contributed by atoms with E-state index in [1.54, 1.807) is 25.4 Å². The highest BCUT2D eigenvalue weighted by Crippen LogP contribution is 2.26. The van der Waals surface area contributed by atoms with Gasteiger partial charge < -0.3 is 14.3 Å². The van der Waals surface area contributed by atoms with Crippen molar-refractivity contribution in [1.29, 1.82) is 0 Å². The first-order valence-corrected chi connectivity index (χ1v) is 10.6. The number of hydrogen-bond acceptors (Lipinski definition) is 7. The van der Waals surface area contributed by atoms with E-state index in [-0.39, 0.29) is 24.6 Å². The molecule has 8 nitrogen and oxygen atoms in total. The number of aromatic nitrogens is 1. The highest BCUT2D eigenvalue weighted by Gasteiger charge is 2.32. The van der Waals surface area contributed by atoms with Gasteiger partial charge in [-0.2, -0.15) is 4.31 Å². The first kappa shape index (κ1) is 22.8. The summed E-state index contributed by atoms with van der Waals surface area (Å²) in [5.41, 5.74) is 1.35. The molecule has 2 heterocycles. The molecular weight excluding hydrogens is 439 g/mol. The van der Waals surface area contributed by atoms with Gasteiger partial charge in [-0.1, -0.05) is 5.16 Å². The maximum absolute atomic E-state index is 12.7. The van der Waals surface area contributed by atoms with Gasteiger partial charge in [-0.25, -0.2) is 8.42 Å². The summed E-state index contributed by atoms with van der Waals surface area (Å²) >= 11 is 0. The molecule has 0 atom stereocenters. The van der Waals surface area contributed by atoms with Crippen LogP contribution in [0.3, 0.4) is 0 Å². The van der Waals surface area contributed by atoms with Crippen LogP contribution in [0, 0.1) is 0 Å². The lowest BCUT2D eigenvalue weighted by molar-refractivity contribution is -0.274. The molecule has 12 heteroatoms. The Balaban J connectivity index is 1.54. The second kappa shape index (κ2) is 9.52. The van der Waals surface area contributed by atoms with Crippen molar-refractivity contribution in [3.63, 3.8) is 0 Å². The summed E-state index contributed by atoms with van der Waals surface area (Å²) in [7, 11) is -2.29. The fourth-order valence-corrected chi connectivity index (χ4v) is 4.33. The predicted octanol–water partition coefficient (Wildman–Crippen LogP) is 3.35. The van der Waals surface area contributed by atoms with E-state index >= 15 is 0 Å². The maximum atomic E-state index is 12.7. The molecule has 1 aliphatic rings. The van der Waals surface area contributed by atoms with Crippen molar-refractivity contribution in [3.05, 3.63) is 48.3 Å². The number of ether oxygens (including phenoxy) is 2. The first-order valence-electron chi connectivity index (χ1n) is 9.20. The van der Waals surface area contributed by atoms with Crippen LogP contribution in [0.1, 0.15) is 18.5 Å². The van der Waals surface area contributed by atoms with E-state index in [0.717, 1.165) is 24.3 Å². The fraction of sp³-hybridized carbons (Fsp3) is 0.368. The molecule has 0 radical (unpaired) electrons. The summed E-state index contributed by atoms with van der Waals surface area (Å²) in [6.45, 7) is 0.514. The second-order valence-corrected chi connectivity index (χ2v) is 8.48. The van der Waals surface area contributed by atoms with Crippen molar-refractivity contribution in [2.45, 2.75) is 30.7 Å². The Kier molecular flexibility index (Phi) is 7.01. The lowest BCUT2D eigenvalue weighted by Crippen LogP contribution is -2.38. The molecule has 0 saturated carbocycles. The molecule has 1 saturated heterocycles. The van der Waals surface area contributed by atoms with Crippen LogP contribution in [0.5, 0.6) is 11.5 Å². The number of oxime groups is 1. The Labute approximate surface area is 177 Å². The lowest BCUT2D eigenvalue weighted by Gasteiger charge is -2.26. The summed E-state index contributed by atoms with van der Waals surface area (Å²) in [5, 5.41) is 4.06. The SMILES string of the molecule is COc1ccnc(CON=C2CCN(S(=O)(=O)c3ccc(OC(F)(F)F)cc3)CC2)c1. The van der Waals surface area contributed by atoms with Gasteiger partial charge in [0.05, 0.1) is 23.4 Å². The van der Waals surface area contributed by atoms with Gasteiger partial charge in [0, 0.05) is 38.2 Å². The van der Waals surface area contributed by atoms with Crippen LogP contribution >= 0.6 is 0 Å². The number of sulfonamides is 1. The van der Waals surface area contributed by atoms with Gasteiger partial charge in [0.15, 0.2) is 6.61 Å². The normalized spacial score (nSPS) is 15.4. The third-order valence-corrected chi connectivity index (χ3v) is 6.34. The molecule has 31 heavy (non-hydrogen) atoms. The van der Waals surface area contributed by atoms with Crippen molar-refractivity contribution < 1.29 is 35.9 Å². The van der Waals surface area contributed by atoms with E-state index < -0.39 is 22.1 Å². The van der Waals surface area contributed by atoms with Crippen LogP contribution in [0.25, 0.3) is 0 Å². The van der Waals surface area contributed by atoms with Gasteiger partial charge in [0.2, 0.25) is 10.0 Å². The van der Waals surface area contributed by atoms with Crippen LogP contribution in [-0.2, 0) is 21.5 Å². The van der Waals surface area contributed by atoms with E-state index in [1.807, 2.05) is 0 Å². The Morgan fingerprint density at radius 3 is 2.39 bits per heavy atom. The number of pyridine rings is 1. The number of piperidine rings is 1. The number of nitrogens with zero attached hydrogens (tertiary/aromatic N) is 3. The Morgan fingerprint density at radius 2 is 1.77 bits per heavy atom. The molecule has 168 valence electrons. The smallest absolute Gasteiger partial charge is 0.497 e. The second-order valence-electron chi connectivity index (χ2n) is 6.54. The molecule has 0 spiro atoms. The third kappa shape index (κ3) is 6.31. The van der Waals surface area contributed by atoms with Crippen molar-refractivity contribution in [2.75, 3.05) is 20.2 Å². The molecule has 0 bridgehead atoms. The first-order chi connectivity index (χ1) is 14.7. The van der Waals surface area contributed by atoms with Crippen molar-refractivity contribution >= 4 is 15.7 Å². The summed E-state index contributed by atoms with van der Waals surface area (Å²) in [5.74, 6) is 0.167. The average molecular weight is 459 g/mol. The van der Waals surface area contributed by atoms with Gasteiger partial charge >= 0.3 is 6.36 Å². The highest BCUT2D eigenvalue weighted by molar-refractivity contribution is 7.89. The lowest BCUT2D eigenvalue weighted by atomic mass is 10.1. The van der Waals surface area contributed by atoms with Crippen LogP contribution in [0.2, 0.25) is 0 Å². The molecule has 1 fully saturated rings. The van der Waals surface area contributed by atoms with E-state index in [4.69, 9.17) is 9.57 Å². The molecule has 0 amide bonds. The third-order valence-electron chi connectivity index (χ3n) is 4.42. The van der Waals surface area contributed by atoms with E-state index in [9.17, 15) is 21.6 Å². The standard InChI is InChI=1S/C19H20F3N3O5S/c1-28-17-6-9-23-15(12-17)13-29-24-14-7-10-25(11-8-14)31(26,27)18-4-2-16(3-5-18)30-19(20,21)22/h2-6,9,12H,7-8,10-11,13H2,1H3. The fourth-order valence-electron chi connectivity index (χ4n) is 2.89. The van der Waals surface area contributed by atoms with Gasteiger partial charge in [-0.15, -0.1) is 13.2 Å². The number of alkyl halides is 3. The van der Waals surface area contributed by atoms with Crippen molar-refractivity contribution in [2.24, 2.45) is 5.16 Å². The maximum Gasteiger partial charge on any atom is 0.573 e. The van der Waals surface area contributed by atoms with E-state index in [0.29, 0.717) is 30.0 Å². The highest BCUT2D eigenvalue weighted by atomic mass is 32.2. The van der Waals surface area contributed by atoms with E-state index in [1.165, 1.54) is 4.31 Å². The summed E-state index contributed by atoms with van der Waals surface area (Å²) < 4.78 is 72.3. The summed E-state index contributed by atoms with van der Waals surface area (Å²) in [6, 6.07) is 7.55. The van der Waals surface area contributed by atoms with Gasteiger partial charge in [0.1, 0.15) is 11.5 Å². The molecule has 0 aliphatic carbocycles. The zero-order valence-electron chi connectivity index (χ0n) is 16.5. The predicted molar refractivity (Wildman–Crippen MR) is 104 cm³/mol. The zero-order chi connectivity index (χ0) is 22.5. The summed E-state index contributed by atoms with van der Waals surface area (Å²) in [6.07, 6.45) is -2.50. The topological polar surface area (TPSA) is 90.3 Å². The molecule has 1 aromatic heterocycles. The number of hydrogen-bond donors (Lipinski definition) is 0. The number of methoxy groups -OCH3 is 1. The van der Waals surface area contributed by atoms with Crippen LogP contribution in [-0.4, -0.2) is 50.0 Å². The Morgan fingerprint density at radius 1 is 1.10 bits per heavy atom. The largest absolute Gasteiger partial charge is 0.573 e. The molecule has 0 unspecified atom stereocenters. The average Bonchev–Trinajstić information content (AvgIpc) is 2.73. The monoisotopic (exact) mass is 459 g/mol. The minimum absolute atomic E-state index is 0.109. The van der Waals surface area contributed by atoms with Crippen molar-refractivity contribution in [1.82, 2.24) is 9.29 Å². The van der Waals surface area contributed by atoms with Crippen molar-refractivity contribution in [3.8, 4) is 11.5 Å². The molecular formula is C19H20F3N3O5S.